The van der Waals surface area contributed by atoms with Gasteiger partial charge in [-0.3, -0.25) is 4.99 Å². The number of rotatable bonds is 5. The van der Waals surface area contributed by atoms with Crippen molar-refractivity contribution in [2.45, 2.75) is 25.2 Å². The maximum atomic E-state index is 12.9. The normalized spacial score (nSPS) is 18.8. The van der Waals surface area contributed by atoms with Gasteiger partial charge in [0.05, 0.1) is 27.7 Å². The molecule has 0 radical (unpaired) electrons. The number of halogens is 5. The zero-order valence-electron chi connectivity index (χ0n) is 19.0. The van der Waals surface area contributed by atoms with E-state index in [2.05, 4.69) is 10.3 Å². The predicted octanol–water partition coefficient (Wildman–Crippen LogP) is 6.62. The Kier molecular flexibility index (Phi) is 7.11. The van der Waals surface area contributed by atoms with Crippen molar-refractivity contribution in [1.82, 2.24) is 5.32 Å². The fraction of sp³-hybridized carbons (Fsp3) is 0.160. The number of nitrogens with one attached hydrogen (secondary N) is 1. The quantitative estimate of drug-likeness (QED) is 0.300. The minimum absolute atomic E-state index is 0.0102. The van der Waals surface area contributed by atoms with Gasteiger partial charge in [-0.2, -0.15) is 13.2 Å². The molecule has 1 unspecified atom stereocenters. The van der Waals surface area contributed by atoms with Crippen molar-refractivity contribution >= 4 is 58.0 Å². The zero-order valence-corrected chi connectivity index (χ0v) is 21.3. The van der Waals surface area contributed by atoms with Crippen LogP contribution < -0.4 is 10.2 Å². The number of carboxylic acid groups (broad SMARTS) is 1. The van der Waals surface area contributed by atoms with Crippen LogP contribution in [0.4, 0.5) is 18.9 Å². The Hall–Kier alpha value is -3.34. The average molecular weight is 568 g/mol. The van der Waals surface area contributed by atoms with Gasteiger partial charge in [-0.15, -0.1) is 0 Å². The third kappa shape index (κ3) is 5.09. The number of aliphatic imine (C=N–C) groups is 1. The van der Waals surface area contributed by atoms with E-state index in [4.69, 9.17) is 35.4 Å². The van der Waals surface area contributed by atoms with E-state index in [0.717, 1.165) is 12.1 Å². The first-order valence-electron chi connectivity index (χ1n) is 10.7. The minimum Gasteiger partial charge on any atom is -0.505 e. The summed E-state index contributed by atoms with van der Waals surface area (Å²) in [5.41, 5.74) is -0.243. The fourth-order valence-corrected chi connectivity index (χ4v) is 4.87. The standard InChI is InChI=1S/C25H18Cl2F3N3O3S/c1-24(15-8-4-14(5-9-15)21(35)36)22(31-12-13-2-6-16(7-3-13)25(28,29)30)32-23(37)33(24)17-10-18(26)20(34)19(27)11-17/h2-11,34H,12H2,1H3,(H,35,36)(H,31,32,37). The van der Waals surface area contributed by atoms with Crippen LogP contribution in [0, 0.1) is 0 Å². The number of aromatic hydroxyl groups is 1. The molecule has 0 bridgehead atoms. The topological polar surface area (TPSA) is 85.2 Å². The number of benzene rings is 3. The van der Waals surface area contributed by atoms with E-state index >= 15 is 0 Å². The third-order valence-corrected chi connectivity index (χ3v) is 6.85. The Morgan fingerprint density at radius 1 is 1.08 bits per heavy atom. The first-order valence-corrected chi connectivity index (χ1v) is 11.8. The molecule has 3 N–H and O–H groups in total. The van der Waals surface area contributed by atoms with Crippen molar-refractivity contribution in [3.05, 3.63) is 93.0 Å². The summed E-state index contributed by atoms with van der Waals surface area (Å²) in [6.45, 7) is 1.83. The van der Waals surface area contributed by atoms with Crippen molar-refractivity contribution in [1.29, 1.82) is 0 Å². The summed E-state index contributed by atoms with van der Waals surface area (Å²) in [5.74, 6) is -1.03. The van der Waals surface area contributed by atoms with Crippen LogP contribution in [0.1, 0.15) is 34.0 Å². The Bertz CT molecular complexity index is 1390. The molecule has 0 spiro atoms. The summed E-state index contributed by atoms with van der Waals surface area (Å²) in [6, 6.07) is 13.7. The van der Waals surface area contributed by atoms with Crippen molar-refractivity contribution in [3.8, 4) is 5.75 Å². The molecule has 0 saturated carbocycles. The van der Waals surface area contributed by atoms with Crippen molar-refractivity contribution < 1.29 is 28.2 Å². The maximum absolute atomic E-state index is 12.9. The summed E-state index contributed by atoms with van der Waals surface area (Å²) in [5, 5.41) is 22.6. The molecular formula is C25H18Cl2F3N3O3S. The first kappa shape index (κ1) is 26.7. The number of hydrogen-bond donors (Lipinski definition) is 3. The van der Waals surface area contributed by atoms with Crippen LogP contribution in [0.25, 0.3) is 0 Å². The lowest BCUT2D eigenvalue weighted by molar-refractivity contribution is -0.137. The second kappa shape index (κ2) is 9.85. The number of alkyl halides is 3. The monoisotopic (exact) mass is 567 g/mol. The molecule has 12 heteroatoms. The van der Waals surface area contributed by atoms with E-state index in [1.807, 2.05) is 0 Å². The molecular weight excluding hydrogens is 550 g/mol. The number of phenols is 1. The van der Waals surface area contributed by atoms with Gasteiger partial charge in [-0.05, 0) is 66.7 Å². The van der Waals surface area contributed by atoms with Gasteiger partial charge in [0.15, 0.2) is 10.9 Å². The summed E-state index contributed by atoms with van der Waals surface area (Å²) in [7, 11) is 0. The van der Waals surface area contributed by atoms with Crippen LogP contribution in [0.3, 0.4) is 0 Å². The van der Waals surface area contributed by atoms with E-state index in [-0.39, 0.29) is 33.0 Å². The summed E-state index contributed by atoms with van der Waals surface area (Å²) < 4.78 is 38.8. The van der Waals surface area contributed by atoms with Gasteiger partial charge in [-0.1, -0.05) is 47.5 Å². The van der Waals surface area contributed by atoms with Crippen LogP contribution in [0.15, 0.2) is 65.7 Å². The zero-order chi connectivity index (χ0) is 27.1. The summed E-state index contributed by atoms with van der Waals surface area (Å²) in [6.07, 6.45) is -4.45. The van der Waals surface area contributed by atoms with Crippen molar-refractivity contribution in [2.75, 3.05) is 4.90 Å². The van der Waals surface area contributed by atoms with E-state index in [0.29, 0.717) is 22.6 Å². The number of hydrogen-bond acceptors (Lipinski definition) is 4. The molecule has 1 fully saturated rings. The lowest BCUT2D eigenvalue weighted by Crippen LogP contribution is -2.44. The largest absolute Gasteiger partial charge is 0.505 e. The molecule has 4 rings (SSSR count). The number of aromatic carboxylic acids is 1. The molecule has 192 valence electrons. The second-order valence-corrected chi connectivity index (χ2v) is 9.54. The molecule has 3 aromatic rings. The van der Waals surface area contributed by atoms with E-state index in [9.17, 15) is 28.2 Å². The molecule has 0 aliphatic carbocycles. The highest BCUT2D eigenvalue weighted by molar-refractivity contribution is 7.80. The van der Waals surface area contributed by atoms with Gasteiger partial charge in [0.2, 0.25) is 0 Å². The molecule has 1 atom stereocenters. The molecule has 1 aliphatic rings. The molecule has 1 saturated heterocycles. The lowest BCUT2D eigenvalue weighted by Gasteiger charge is -2.35. The highest BCUT2D eigenvalue weighted by atomic mass is 35.5. The first-order chi connectivity index (χ1) is 17.3. The van der Waals surface area contributed by atoms with Crippen molar-refractivity contribution in [2.24, 2.45) is 4.99 Å². The SMILES string of the molecule is CC1(c2ccc(C(=O)O)cc2)C(=NCc2ccc(C(F)(F)F)cc2)NC(=S)N1c1cc(Cl)c(O)c(Cl)c1. The number of amidine groups is 1. The van der Waals surface area contributed by atoms with Crippen molar-refractivity contribution in [3.63, 3.8) is 0 Å². The molecule has 37 heavy (non-hydrogen) atoms. The summed E-state index contributed by atoms with van der Waals surface area (Å²) in [4.78, 5) is 17.7. The van der Waals surface area contributed by atoms with Crippen LogP contribution in [-0.4, -0.2) is 27.1 Å². The van der Waals surface area contributed by atoms with Gasteiger partial charge in [0, 0.05) is 5.69 Å². The van der Waals surface area contributed by atoms with Gasteiger partial charge >= 0.3 is 12.1 Å². The third-order valence-electron chi connectivity index (χ3n) is 5.99. The number of thiocarbonyl (C=S) groups is 1. The number of nitrogens with zero attached hydrogens (tertiary/aromatic N) is 2. The molecule has 1 heterocycles. The van der Waals surface area contributed by atoms with Crippen LogP contribution in [0.2, 0.25) is 10.0 Å². The smallest absolute Gasteiger partial charge is 0.416 e. The fourth-order valence-electron chi connectivity index (χ4n) is 4.01. The van der Waals surface area contributed by atoms with Gasteiger partial charge in [0.25, 0.3) is 0 Å². The maximum Gasteiger partial charge on any atom is 0.416 e. The highest BCUT2D eigenvalue weighted by Crippen LogP contribution is 2.43. The Morgan fingerprint density at radius 2 is 1.65 bits per heavy atom. The van der Waals surface area contributed by atoms with Crippen LogP contribution >= 0.6 is 35.4 Å². The average Bonchev–Trinajstić information content (AvgIpc) is 3.10. The molecule has 3 aromatic carbocycles. The Labute approximate surface area is 225 Å². The van der Waals surface area contributed by atoms with Gasteiger partial charge < -0.3 is 20.4 Å². The van der Waals surface area contributed by atoms with Gasteiger partial charge in [0.1, 0.15) is 11.4 Å². The van der Waals surface area contributed by atoms with Gasteiger partial charge in [-0.25, -0.2) is 4.79 Å². The Morgan fingerprint density at radius 3 is 2.16 bits per heavy atom. The molecule has 0 aromatic heterocycles. The number of carbonyl (C=O) groups is 1. The highest BCUT2D eigenvalue weighted by Gasteiger charge is 2.48. The number of anilines is 1. The van der Waals surface area contributed by atoms with Crippen LogP contribution in [-0.2, 0) is 18.3 Å². The Balaban J connectivity index is 1.80. The summed E-state index contributed by atoms with van der Waals surface area (Å²) >= 11 is 17.9. The minimum atomic E-state index is -4.45. The molecule has 6 nitrogen and oxygen atoms in total. The molecule has 1 aliphatic heterocycles. The number of phenolic OH excluding ortho intramolecular Hbond substituents is 1. The number of carboxylic acids is 1. The molecule has 0 amide bonds. The predicted molar refractivity (Wildman–Crippen MR) is 140 cm³/mol. The van der Waals surface area contributed by atoms with E-state index in [1.165, 1.54) is 36.4 Å². The second-order valence-electron chi connectivity index (χ2n) is 8.34. The van der Waals surface area contributed by atoms with Crippen LogP contribution in [0.5, 0.6) is 5.75 Å². The lowest BCUT2D eigenvalue weighted by atomic mass is 9.88. The van der Waals surface area contributed by atoms with E-state index in [1.54, 1.807) is 24.0 Å². The van der Waals surface area contributed by atoms with E-state index < -0.39 is 23.2 Å².